The minimum Gasteiger partial charge on any atom is -0.459 e. The molecule has 0 unspecified atom stereocenters. The van der Waals surface area contributed by atoms with Crippen molar-refractivity contribution in [1.82, 2.24) is 0 Å². The van der Waals surface area contributed by atoms with Crippen molar-refractivity contribution in [3.63, 3.8) is 0 Å². The minimum absolute atomic E-state index is 0.0209. The van der Waals surface area contributed by atoms with E-state index in [0.717, 1.165) is 6.07 Å². The van der Waals surface area contributed by atoms with Gasteiger partial charge in [-0.2, -0.15) is 13.2 Å². The molecule has 0 aliphatic heterocycles. The molecule has 0 aliphatic carbocycles. The summed E-state index contributed by atoms with van der Waals surface area (Å²) in [4.78, 5) is 11.6. The maximum Gasteiger partial charge on any atom is 0.393 e. The van der Waals surface area contributed by atoms with Crippen LogP contribution in [0.1, 0.15) is 29.8 Å². The summed E-state index contributed by atoms with van der Waals surface area (Å²) < 4.78 is 41.6. The van der Waals surface area contributed by atoms with Crippen LogP contribution < -0.4 is 5.73 Å². The van der Waals surface area contributed by atoms with Gasteiger partial charge in [0.15, 0.2) is 0 Å². The van der Waals surface area contributed by atoms with Gasteiger partial charge in [-0.25, -0.2) is 4.79 Å². The highest BCUT2D eigenvalue weighted by atomic mass is 19.4. The van der Waals surface area contributed by atoms with Crippen LogP contribution in [-0.2, 0) is 11.2 Å². The summed E-state index contributed by atoms with van der Waals surface area (Å²) in [5, 5.41) is 0. The maximum atomic E-state index is 12.2. The lowest BCUT2D eigenvalue weighted by Crippen LogP contribution is -2.15. The molecule has 1 aromatic rings. The number of alkyl halides is 3. The van der Waals surface area contributed by atoms with E-state index in [-0.39, 0.29) is 22.9 Å². The van der Waals surface area contributed by atoms with Crippen LogP contribution in [0.4, 0.5) is 18.9 Å². The predicted octanol–water partition coefficient (Wildman–Crippen LogP) is 2.94. The Kier molecular flexibility index (Phi) is 4.21. The lowest BCUT2D eigenvalue weighted by molar-refractivity contribution is -0.127. The molecule has 1 aromatic carbocycles. The average molecular weight is 261 g/mol. The number of halogens is 3. The molecule has 0 amide bonds. The molecule has 3 nitrogen and oxygen atoms in total. The maximum absolute atomic E-state index is 12.2. The molecule has 0 aliphatic rings. The second-order valence-corrected chi connectivity index (χ2v) is 4.17. The predicted molar refractivity (Wildman–Crippen MR) is 61.2 cm³/mol. The summed E-state index contributed by atoms with van der Waals surface area (Å²) in [6.07, 6.45) is -5.78. The van der Waals surface area contributed by atoms with Gasteiger partial charge in [-0.1, -0.05) is 6.07 Å². The first-order valence-electron chi connectivity index (χ1n) is 5.35. The van der Waals surface area contributed by atoms with Crippen molar-refractivity contribution in [3.8, 4) is 0 Å². The lowest BCUT2D eigenvalue weighted by atomic mass is 10.1. The summed E-state index contributed by atoms with van der Waals surface area (Å²) in [6.45, 7) is 3.29. The van der Waals surface area contributed by atoms with Crippen molar-refractivity contribution in [1.29, 1.82) is 0 Å². The largest absolute Gasteiger partial charge is 0.459 e. The van der Waals surface area contributed by atoms with E-state index in [2.05, 4.69) is 0 Å². The molecule has 0 fully saturated rings. The third-order valence-corrected chi connectivity index (χ3v) is 2.08. The Morgan fingerprint density at radius 3 is 2.50 bits per heavy atom. The van der Waals surface area contributed by atoms with Crippen molar-refractivity contribution in [2.45, 2.75) is 32.5 Å². The number of nitrogens with two attached hydrogens (primary N) is 1. The van der Waals surface area contributed by atoms with Crippen LogP contribution in [0.3, 0.4) is 0 Å². The summed E-state index contributed by atoms with van der Waals surface area (Å²) in [7, 11) is 0. The summed E-state index contributed by atoms with van der Waals surface area (Å²) in [6, 6.07) is 3.64. The molecule has 0 bridgehead atoms. The molecule has 0 saturated heterocycles. The number of nitrogen functional groups attached to an aromatic ring is 1. The zero-order valence-electron chi connectivity index (χ0n) is 10.0. The normalized spacial score (nSPS) is 11.7. The van der Waals surface area contributed by atoms with Gasteiger partial charge in [-0.15, -0.1) is 0 Å². The van der Waals surface area contributed by atoms with E-state index in [1.54, 1.807) is 13.8 Å². The van der Waals surface area contributed by atoms with Crippen LogP contribution in [0.25, 0.3) is 0 Å². The van der Waals surface area contributed by atoms with Gasteiger partial charge in [0.25, 0.3) is 0 Å². The van der Waals surface area contributed by atoms with E-state index in [0.29, 0.717) is 0 Å². The van der Waals surface area contributed by atoms with E-state index in [1.807, 2.05) is 0 Å². The van der Waals surface area contributed by atoms with Gasteiger partial charge >= 0.3 is 12.1 Å². The van der Waals surface area contributed by atoms with Crippen molar-refractivity contribution in [2.24, 2.45) is 0 Å². The number of hydrogen-bond donors (Lipinski definition) is 1. The number of esters is 1. The summed E-state index contributed by atoms with van der Waals surface area (Å²) >= 11 is 0. The standard InChI is InChI=1S/C12H14F3NO2/c1-7(2)18-11(17)9-5-8(3-4-10(9)16)6-12(13,14)15/h3-5,7H,6,16H2,1-2H3. The number of ether oxygens (including phenoxy) is 1. The third-order valence-electron chi connectivity index (χ3n) is 2.08. The molecule has 0 heterocycles. The van der Waals surface area contributed by atoms with Gasteiger partial charge in [0.2, 0.25) is 0 Å². The van der Waals surface area contributed by atoms with E-state index in [9.17, 15) is 18.0 Å². The number of benzene rings is 1. The average Bonchev–Trinajstić information content (AvgIpc) is 2.17. The van der Waals surface area contributed by atoms with E-state index in [4.69, 9.17) is 10.5 Å². The van der Waals surface area contributed by atoms with Crippen molar-refractivity contribution in [2.75, 3.05) is 5.73 Å². The fourth-order valence-electron chi connectivity index (χ4n) is 1.40. The zero-order valence-corrected chi connectivity index (χ0v) is 10.0. The van der Waals surface area contributed by atoms with Gasteiger partial charge < -0.3 is 10.5 Å². The third kappa shape index (κ3) is 4.27. The topological polar surface area (TPSA) is 52.3 Å². The first-order valence-corrected chi connectivity index (χ1v) is 5.35. The molecule has 0 atom stereocenters. The van der Waals surface area contributed by atoms with Crippen molar-refractivity contribution in [3.05, 3.63) is 29.3 Å². The van der Waals surface area contributed by atoms with Crippen molar-refractivity contribution < 1.29 is 22.7 Å². The lowest BCUT2D eigenvalue weighted by Gasteiger charge is -2.12. The minimum atomic E-state index is -4.32. The smallest absolute Gasteiger partial charge is 0.393 e. The van der Waals surface area contributed by atoms with Crippen LogP contribution in [0.5, 0.6) is 0 Å². The van der Waals surface area contributed by atoms with Crippen molar-refractivity contribution >= 4 is 11.7 Å². The Morgan fingerprint density at radius 1 is 1.39 bits per heavy atom. The molecule has 2 N–H and O–H groups in total. The van der Waals surface area contributed by atoms with E-state index >= 15 is 0 Å². The first-order chi connectivity index (χ1) is 8.19. The highest BCUT2D eigenvalue weighted by Gasteiger charge is 2.28. The van der Waals surface area contributed by atoms with Crippen LogP contribution in [0, 0.1) is 0 Å². The van der Waals surface area contributed by atoms with Crippen LogP contribution in [0.15, 0.2) is 18.2 Å². The molecule has 100 valence electrons. The molecule has 0 radical (unpaired) electrons. The molecular weight excluding hydrogens is 247 g/mol. The zero-order chi connectivity index (χ0) is 13.9. The number of rotatable bonds is 3. The summed E-state index contributed by atoms with van der Waals surface area (Å²) in [5.41, 5.74) is 5.59. The Hall–Kier alpha value is -1.72. The van der Waals surface area contributed by atoms with Gasteiger partial charge in [0.1, 0.15) is 0 Å². The Morgan fingerprint density at radius 2 is 2.00 bits per heavy atom. The van der Waals surface area contributed by atoms with Gasteiger partial charge in [0, 0.05) is 5.69 Å². The van der Waals surface area contributed by atoms with Gasteiger partial charge in [-0.3, -0.25) is 0 Å². The number of carbonyl (C=O) groups is 1. The molecular formula is C12H14F3NO2. The quantitative estimate of drug-likeness (QED) is 0.672. The molecule has 0 saturated carbocycles. The Bertz CT molecular complexity index is 441. The fourth-order valence-corrected chi connectivity index (χ4v) is 1.40. The second kappa shape index (κ2) is 5.29. The second-order valence-electron chi connectivity index (χ2n) is 4.17. The Balaban J connectivity index is 2.98. The highest BCUT2D eigenvalue weighted by Crippen LogP contribution is 2.24. The van der Waals surface area contributed by atoms with Crippen LogP contribution in [-0.4, -0.2) is 18.2 Å². The molecule has 18 heavy (non-hydrogen) atoms. The Labute approximate surface area is 103 Å². The molecule has 0 aromatic heterocycles. The number of hydrogen-bond acceptors (Lipinski definition) is 3. The van der Waals surface area contributed by atoms with Crippen LogP contribution in [0.2, 0.25) is 0 Å². The fraction of sp³-hybridized carbons (Fsp3) is 0.417. The highest BCUT2D eigenvalue weighted by molar-refractivity contribution is 5.95. The molecule has 1 rings (SSSR count). The SMILES string of the molecule is CC(C)OC(=O)c1cc(CC(F)(F)F)ccc1N. The number of anilines is 1. The molecule has 0 spiro atoms. The molecule has 6 heteroatoms. The van der Waals surface area contributed by atoms with E-state index < -0.39 is 18.6 Å². The van der Waals surface area contributed by atoms with Crippen LogP contribution >= 0.6 is 0 Å². The monoisotopic (exact) mass is 261 g/mol. The summed E-state index contributed by atoms with van der Waals surface area (Å²) in [5.74, 6) is -0.716. The van der Waals surface area contributed by atoms with Gasteiger partial charge in [0.05, 0.1) is 18.1 Å². The van der Waals surface area contributed by atoms with Gasteiger partial charge in [-0.05, 0) is 31.5 Å². The first kappa shape index (κ1) is 14.3. The number of carbonyl (C=O) groups excluding carboxylic acids is 1. The van der Waals surface area contributed by atoms with E-state index in [1.165, 1.54) is 12.1 Å².